The lowest BCUT2D eigenvalue weighted by atomic mass is 10.2. The second-order valence-electron chi connectivity index (χ2n) is 5.86. The van der Waals surface area contributed by atoms with Crippen LogP contribution in [0.3, 0.4) is 0 Å². The van der Waals surface area contributed by atoms with Crippen LogP contribution in [-0.2, 0) is 13.1 Å². The molecule has 0 bridgehead atoms. The Kier molecular flexibility index (Phi) is 6.07. The Hall–Kier alpha value is -0.840. The van der Waals surface area contributed by atoms with Crippen molar-refractivity contribution in [2.75, 3.05) is 39.8 Å². The summed E-state index contributed by atoms with van der Waals surface area (Å²) >= 11 is 0. The van der Waals surface area contributed by atoms with E-state index in [1.165, 1.54) is 38.0 Å². The van der Waals surface area contributed by atoms with Gasteiger partial charge in [0.1, 0.15) is 11.5 Å². The maximum absolute atomic E-state index is 5.86. The highest BCUT2D eigenvalue weighted by Gasteiger charge is 2.13. The number of rotatable bonds is 8. The van der Waals surface area contributed by atoms with Crippen LogP contribution < -0.4 is 5.32 Å². The molecule has 0 unspecified atom stereocenters. The highest BCUT2D eigenvalue weighted by atomic mass is 16.3. The van der Waals surface area contributed by atoms with Crippen LogP contribution in [0.5, 0.6) is 0 Å². The van der Waals surface area contributed by atoms with Crippen LogP contribution >= 0.6 is 0 Å². The van der Waals surface area contributed by atoms with Gasteiger partial charge in [-0.15, -0.1) is 0 Å². The summed E-state index contributed by atoms with van der Waals surface area (Å²) in [4.78, 5) is 4.91. The highest BCUT2D eigenvalue weighted by molar-refractivity contribution is 5.20. The molecule has 114 valence electrons. The van der Waals surface area contributed by atoms with E-state index >= 15 is 0 Å². The Morgan fingerprint density at radius 1 is 1.35 bits per heavy atom. The molecular formula is C16H29N3O. The van der Waals surface area contributed by atoms with E-state index in [9.17, 15) is 0 Å². The average molecular weight is 279 g/mol. The predicted octanol–water partition coefficient (Wildman–Crippen LogP) is 2.23. The molecule has 20 heavy (non-hydrogen) atoms. The van der Waals surface area contributed by atoms with E-state index in [2.05, 4.69) is 42.1 Å². The van der Waals surface area contributed by atoms with Crippen molar-refractivity contribution >= 4 is 0 Å². The minimum Gasteiger partial charge on any atom is -0.465 e. The first kappa shape index (κ1) is 15.5. The molecule has 1 aromatic rings. The van der Waals surface area contributed by atoms with Gasteiger partial charge in [-0.25, -0.2) is 0 Å². The van der Waals surface area contributed by atoms with Crippen molar-refractivity contribution < 1.29 is 4.42 Å². The standard InChI is InChI=1S/C16H29N3O/c1-4-17-12-15-11-16(20-14(15)2)13-18(3)9-10-19-7-5-6-8-19/h11,17H,4-10,12-13H2,1-3H3. The number of likely N-dealkylation sites (tertiary alicyclic amines) is 1. The summed E-state index contributed by atoms with van der Waals surface area (Å²) in [7, 11) is 2.18. The second-order valence-corrected chi connectivity index (χ2v) is 5.86. The SMILES string of the molecule is CCNCc1cc(CN(C)CCN2CCCC2)oc1C. The third-order valence-electron chi connectivity index (χ3n) is 4.06. The Morgan fingerprint density at radius 3 is 2.80 bits per heavy atom. The lowest BCUT2D eigenvalue weighted by Gasteiger charge is -2.20. The molecule has 0 aromatic carbocycles. The lowest BCUT2D eigenvalue weighted by molar-refractivity contribution is 0.238. The normalized spacial score (nSPS) is 16.4. The molecule has 2 rings (SSSR count). The van der Waals surface area contributed by atoms with Gasteiger partial charge in [0.2, 0.25) is 0 Å². The third kappa shape index (κ3) is 4.62. The topological polar surface area (TPSA) is 31.6 Å². The van der Waals surface area contributed by atoms with Crippen molar-refractivity contribution in [2.45, 2.75) is 39.8 Å². The van der Waals surface area contributed by atoms with Gasteiger partial charge in [-0.3, -0.25) is 4.90 Å². The lowest BCUT2D eigenvalue weighted by Crippen LogP contribution is -2.31. The Morgan fingerprint density at radius 2 is 2.10 bits per heavy atom. The van der Waals surface area contributed by atoms with Crippen molar-refractivity contribution in [1.82, 2.24) is 15.1 Å². The van der Waals surface area contributed by atoms with E-state index in [0.29, 0.717) is 0 Å². The van der Waals surface area contributed by atoms with Gasteiger partial charge < -0.3 is 14.6 Å². The molecule has 0 amide bonds. The number of furan rings is 1. The molecule has 0 saturated carbocycles. The monoisotopic (exact) mass is 279 g/mol. The molecule has 1 N–H and O–H groups in total. The zero-order valence-corrected chi connectivity index (χ0v) is 13.2. The molecule has 4 nitrogen and oxygen atoms in total. The number of nitrogens with zero attached hydrogens (tertiary/aromatic N) is 2. The summed E-state index contributed by atoms with van der Waals surface area (Å²) in [6, 6.07) is 2.20. The Balaban J connectivity index is 1.76. The fourth-order valence-electron chi connectivity index (χ4n) is 2.76. The Labute approximate surface area is 123 Å². The first-order valence-electron chi connectivity index (χ1n) is 7.89. The van der Waals surface area contributed by atoms with E-state index in [0.717, 1.165) is 37.7 Å². The average Bonchev–Trinajstić information content (AvgIpc) is 3.04. The van der Waals surface area contributed by atoms with Crippen LogP contribution in [-0.4, -0.2) is 49.6 Å². The molecule has 0 radical (unpaired) electrons. The van der Waals surface area contributed by atoms with Gasteiger partial charge in [0, 0.05) is 25.2 Å². The molecule has 1 fully saturated rings. The fraction of sp³-hybridized carbons (Fsp3) is 0.750. The van der Waals surface area contributed by atoms with E-state index in [1.807, 2.05) is 0 Å². The predicted molar refractivity (Wildman–Crippen MR) is 82.8 cm³/mol. The van der Waals surface area contributed by atoms with Crippen LogP contribution in [0.15, 0.2) is 10.5 Å². The number of hydrogen-bond acceptors (Lipinski definition) is 4. The van der Waals surface area contributed by atoms with Crippen molar-refractivity contribution in [2.24, 2.45) is 0 Å². The van der Waals surface area contributed by atoms with Crippen LogP contribution in [0.4, 0.5) is 0 Å². The summed E-state index contributed by atoms with van der Waals surface area (Å²) in [5, 5.41) is 3.35. The van der Waals surface area contributed by atoms with Gasteiger partial charge in [0.25, 0.3) is 0 Å². The van der Waals surface area contributed by atoms with E-state index in [1.54, 1.807) is 0 Å². The van der Waals surface area contributed by atoms with Gasteiger partial charge in [0.05, 0.1) is 6.54 Å². The summed E-state index contributed by atoms with van der Waals surface area (Å²) in [5.74, 6) is 2.13. The minimum absolute atomic E-state index is 0.904. The Bertz CT molecular complexity index is 396. The van der Waals surface area contributed by atoms with E-state index < -0.39 is 0 Å². The van der Waals surface area contributed by atoms with E-state index in [-0.39, 0.29) is 0 Å². The zero-order chi connectivity index (χ0) is 14.4. The minimum atomic E-state index is 0.904. The largest absolute Gasteiger partial charge is 0.465 e. The smallest absolute Gasteiger partial charge is 0.118 e. The molecule has 1 aliphatic heterocycles. The van der Waals surface area contributed by atoms with Crippen molar-refractivity contribution in [3.63, 3.8) is 0 Å². The first-order valence-corrected chi connectivity index (χ1v) is 7.89. The van der Waals surface area contributed by atoms with Gasteiger partial charge in [-0.05, 0) is 52.5 Å². The molecule has 4 heteroatoms. The van der Waals surface area contributed by atoms with Gasteiger partial charge in [0.15, 0.2) is 0 Å². The molecule has 0 atom stereocenters. The number of aryl methyl sites for hydroxylation is 1. The fourth-order valence-corrected chi connectivity index (χ4v) is 2.76. The summed E-state index contributed by atoms with van der Waals surface area (Å²) in [5.41, 5.74) is 1.29. The quantitative estimate of drug-likeness (QED) is 0.791. The van der Waals surface area contributed by atoms with E-state index in [4.69, 9.17) is 4.42 Å². The molecular weight excluding hydrogens is 250 g/mol. The van der Waals surface area contributed by atoms with Gasteiger partial charge in [-0.1, -0.05) is 6.92 Å². The maximum atomic E-state index is 5.86. The molecule has 1 saturated heterocycles. The van der Waals surface area contributed by atoms with Crippen LogP contribution in [0.1, 0.15) is 36.8 Å². The third-order valence-corrected chi connectivity index (χ3v) is 4.06. The molecule has 0 aliphatic carbocycles. The zero-order valence-electron chi connectivity index (χ0n) is 13.2. The molecule has 2 heterocycles. The van der Waals surface area contributed by atoms with Gasteiger partial charge in [-0.2, -0.15) is 0 Å². The van der Waals surface area contributed by atoms with Gasteiger partial charge >= 0.3 is 0 Å². The summed E-state index contributed by atoms with van der Waals surface area (Å²) in [6.07, 6.45) is 2.74. The molecule has 0 spiro atoms. The van der Waals surface area contributed by atoms with Crippen molar-refractivity contribution in [3.8, 4) is 0 Å². The summed E-state index contributed by atoms with van der Waals surface area (Å²) < 4.78 is 5.86. The second kappa shape index (κ2) is 7.81. The summed E-state index contributed by atoms with van der Waals surface area (Å²) in [6.45, 7) is 11.8. The number of hydrogen-bond donors (Lipinski definition) is 1. The van der Waals surface area contributed by atoms with Crippen LogP contribution in [0.2, 0.25) is 0 Å². The van der Waals surface area contributed by atoms with Crippen LogP contribution in [0.25, 0.3) is 0 Å². The van der Waals surface area contributed by atoms with Crippen molar-refractivity contribution in [3.05, 3.63) is 23.2 Å². The maximum Gasteiger partial charge on any atom is 0.118 e. The first-order chi connectivity index (χ1) is 9.69. The molecule has 1 aliphatic rings. The van der Waals surface area contributed by atoms with Crippen molar-refractivity contribution in [1.29, 1.82) is 0 Å². The highest BCUT2D eigenvalue weighted by Crippen LogP contribution is 2.16. The number of nitrogens with one attached hydrogen (secondary N) is 1. The molecule has 1 aromatic heterocycles. The van der Waals surface area contributed by atoms with Crippen LogP contribution in [0, 0.1) is 6.92 Å². The number of likely N-dealkylation sites (N-methyl/N-ethyl adjacent to an activating group) is 1.